The van der Waals surface area contributed by atoms with Crippen molar-refractivity contribution < 1.29 is 19.1 Å². The lowest BCUT2D eigenvalue weighted by molar-refractivity contribution is 0.0698. The second-order valence-corrected chi connectivity index (χ2v) is 5.59. The molecule has 0 fully saturated rings. The summed E-state index contributed by atoms with van der Waals surface area (Å²) in [4.78, 5) is 23.5. The van der Waals surface area contributed by atoms with Crippen molar-refractivity contribution in [2.45, 2.75) is 27.2 Å². The molecule has 0 saturated heterocycles. The molecule has 1 amide bonds. The van der Waals surface area contributed by atoms with E-state index in [1.807, 2.05) is 0 Å². The standard InChI is InChI=1S/C17H19NO4/c1-10(2)8-12-9-14(11(3)22-12)16(19)18-15-7-5-4-6-13(15)17(20)21/h4-7,9-10H,8H2,1-3H3,(H,18,19)(H,20,21). The molecule has 0 unspecified atom stereocenters. The zero-order chi connectivity index (χ0) is 16.3. The molecule has 0 spiro atoms. The lowest BCUT2D eigenvalue weighted by Crippen LogP contribution is -2.15. The summed E-state index contributed by atoms with van der Waals surface area (Å²) in [6.07, 6.45) is 0.750. The number of carboxylic acid groups (broad SMARTS) is 1. The van der Waals surface area contributed by atoms with Crippen LogP contribution in [-0.2, 0) is 6.42 Å². The number of hydrogen-bond donors (Lipinski definition) is 2. The van der Waals surface area contributed by atoms with Gasteiger partial charge in [0.05, 0.1) is 16.8 Å². The number of aromatic carboxylic acids is 1. The Morgan fingerprint density at radius 2 is 1.91 bits per heavy atom. The number of nitrogens with one attached hydrogen (secondary N) is 1. The number of amides is 1. The smallest absolute Gasteiger partial charge is 0.337 e. The molecule has 0 aliphatic heterocycles. The highest BCUT2D eigenvalue weighted by Crippen LogP contribution is 2.21. The number of benzene rings is 1. The van der Waals surface area contributed by atoms with Crippen molar-refractivity contribution in [3.05, 3.63) is 53.0 Å². The number of furan rings is 1. The second-order valence-electron chi connectivity index (χ2n) is 5.59. The molecule has 2 rings (SSSR count). The summed E-state index contributed by atoms with van der Waals surface area (Å²) in [6.45, 7) is 5.86. The molecule has 1 aromatic carbocycles. The zero-order valence-electron chi connectivity index (χ0n) is 12.8. The Balaban J connectivity index is 2.23. The first-order chi connectivity index (χ1) is 10.4. The van der Waals surface area contributed by atoms with E-state index in [1.165, 1.54) is 6.07 Å². The third-order valence-corrected chi connectivity index (χ3v) is 3.23. The number of anilines is 1. The molecule has 1 heterocycles. The summed E-state index contributed by atoms with van der Waals surface area (Å²) < 4.78 is 5.58. The molecule has 22 heavy (non-hydrogen) atoms. The minimum Gasteiger partial charge on any atom is -0.478 e. The van der Waals surface area contributed by atoms with Crippen LogP contribution < -0.4 is 5.32 Å². The highest BCUT2D eigenvalue weighted by atomic mass is 16.4. The number of para-hydroxylation sites is 1. The minimum absolute atomic E-state index is 0.0550. The van der Waals surface area contributed by atoms with E-state index in [9.17, 15) is 9.59 Å². The van der Waals surface area contributed by atoms with Crippen LogP contribution in [-0.4, -0.2) is 17.0 Å². The van der Waals surface area contributed by atoms with Crippen LogP contribution in [0.3, 0.4) is 0 Å². The molecule has 5 heteroatoms. The molecule has 0 aliphatic carbocycles. The van der Waals surface area contributed by atoms with Crippen molar-refractivity contribution >= 4 is 17.6 Å². The van der Waals surface area contributed by atoms with E-state index >= 15 is 0 Å². The van der Waals surface area contributed by atoms with Gasteiger partial charge in [0.2, 0.25) is 0 Å². The Morgan fingerprint density at radius 3 is 2.55 bits per heavy atom. The summed E-state index contributed by atoms with van der Waals surface area (Å²) in [5.74, 6) is 0.254. The molecular formula is C17H19NO4. The number of rotatable bonds is 5. The summed E-state index contributed by atoms with van der Waals surface area (Å²) >= 11 is 0. The van der Waals surface area contributed by atoms with E-state index in [0.29, 0.717) is 17.2 Å². The Hall–Kier alpha value is -2.56. The Morgan fingerprint density at radius 1 is 1.23 bits per heavy atom. The SMILES string of the molecule is Cc1oc(CC(C)C)cc1C(=O)Nc1ccccc1C(=O)O. The molecule has 0 aliphatic rings. The van der Waals surface area contributed by atoms with Gasteiger partial charge < -0.3 is 14.8 Å². The van der Waals surface area contributed by atoms with Gasteiger partial charge in [0.15, 0.2) is 0 Å². The van der Waals surface area contributed by atoms with Gasteiger partial charge in [-0.15, -0.1) is 0 Å². The van der Waals surface area contributed by atoms with Gasteiger partial charge in [0, 0.05) is 6.42 Å². The fourth-order valence-electron chi connectivity index (χ4n) is 2.24. The van der Waals surface area contributed by atoms with E-state index in [4.69, 9.17) is 9.52 Å². The zero-order valence-corrected chi connectivity index (χ0v) is 12.8. The number of aryl methyl sites for hydroxylation is 1. The molecule has 2 N–H and O–H groups in total. The van der Waals surface area contributed by atoms with Crippen molar-refractivity contribution in [2.75, 3.05) is 5.32 Å². The highest BCUT2D eigenvalue weighted by Gasteiger charge is 2.18. The van der Waals surface area contributed by atoms with Gasteiger partial charge in [-0.25, -0.2) is 4.79 Å². The van der Waals surface area contributed by atoms with Crippen molar-refractivity contribution in [1.82, 2.24) is 0 Å². The van der Waals surface area contributed by atoms with Gasteiger partial charge in [-0.3, -0.25) is 4.79 Å². The van der Waals surface area contributed by atoms with Gasteiger partial charge in [-0.2, -0.15) is 0 Å². The fourth-order valence-corrected chi connectivity index (χ4v) is 2.24. The molecule has 0 atom stereocenters. The van der Waals surface area contributed by atoms with E-state index in [2.05, 4.69) is 19.2 Å². The normalized spacial score (nSPS) is 10.7. The Bertz CT molecular complexity index is 700. The van der Waals surface area contributed by atoms with E-state index in [-0.39, 0.29) is 17.2 Å². The lowest BCUT2D eigenvalue weighted by atomic mass is 10.1. The highest BCUT2D eigenvalue weighted by molar-refractivity contribution is 6.08. The molecule has 1 aromatic heterocycles. The summed E-state index contributed by atoms with van der Waals surface area (Å²) in [5, 5.41) is 11.8. The number of hydrogen-bond acceptors (Lipinski definition) is 3. The van der Waals surface area contributed by atoms with E-state index in [0.717, 1.165) is 12.2 Å². The Labute approximate surface area is 129 Å². The summed E-state index contributed by atoms with van der Waals surface area (Å²) in [5.41, 5.74) is 0.751. The van der Waals surface area contributed by atoms with Gasteiger partial charge in [0.25, 0.3) is 5.91 Å². The van der Waals surface area contributed by atoms with Crippen LogP contribution >= 0.6 is 0 Å². The van der Waals surface area contributed by atoms with Crippen molar-refractivity contribution in [3.8, 4) is 0 Å². The summed E-state index contributed by atoms with van der Waals surface area (Å²) in [6, 6.07) is 8.02. The average Bonchev–Trinajstić information content (AvgIpc) is 2.79. The first-order valence-corrected chi connectivity index (χ1v) is 7.11. The van der Waals surface area contributed by atoms with Crippen LogP contribution in [0.1, 0.15) is 46.1 Å². The predicted molar refractivity (Wildman–Crippen MR) is 83.3 cm³/mol. The predicted octanol–water partition coefficient (Wildman–Crippen LogP) is 3.74. The van der Waals surface area contributed by atoms with E-state index < -0.39 is 5.97 Å². The van der Waals surface area contributed by atoms with Crippen LogP contribution in [0.4, 0.5) is 5.69 Å². The third-order valence-electron chi connectivity index (χ3n) is 3.23. The average molecular weight is 301 g/mol. The molecule has 2 aromatic rings. The van der Waals surface area contributed by atoms with Crippen molar-refractivity contribution in [1.29, 1.82) is 0 Å². The number of carboxylic acids is 1. The Kier molecular flexibility index (Phi) is 4.65. The number of carbonyl (C=O) groups is 2. The first kappa shape index (κ1) is 15.8. The maximum absolute atomic E-state index is 12.3. The molecular weight excluding hydrogens is 282 g/mol. The molecule has 0 saturated carbocycles. The fraction of sp³-hybridized carbons (Fsp3) is 0.294. The largest absolute Gasteiger partial charge is 0.478 e. The van der Waals surface area contributed by atoms with Crippen LogP contribution in [0.2, 0.25) is 0 Å². The minimum atomic E-state index is -1.08. The van der Waals surface area contributed by atoms with Crippen LogP contribution in [0.15, 0.2) is 34.7 Å². The van der Waals surface area contributed by atoms with Gasteiger partial charge in [0.1, 0.15) is 11.5 Å². The van der Waals surface area contributed by atoms with Crippen LogP contribution in [0.5, 0.6) is 0 Å². The molecule has 116 valence electrons. The van der Waals surface area contributed by atoms with Gasteiger partial charge >= 0.3 is 5.97 Å². The van der Waals surface area contributed by atoms with Gasteiger partial charge in [-0.05, 0) is 31.0 Å². The van der Waals surface area contributed by atoms with Crippen LogP contribution in [0, 0.1) is 12.8 Å². The number of carbonyl (C=O) groups excluding carboxylic acids is 1. The van der Waals surface area contributed by atoms with Crippen molar-refractivity contribution in [3.63, 3.8) is 0 Å². The van der Waals surface area contributed by atoms with Gasteiger partial charge in [-0.1, -0.05) is 26.0 Å². The summed E-state index contributed by atoms with van der Waals surface area (Å²) in [7, 11) is 0. The maximum Gasteiger partial charge on any atom is 0.337 e. The lowest BCUT2D eigenvalue weighted by Gasteiger charge is -2.07. The van der Waals surface area contributed by atoms with E-state index in [1.54, 1.807) is 31.2 Å². The second kappa shape index (κ2) is 6.47. The first-order valence-electron chi connectivity index (χ1n) is 7.11. The molecule has 5 nitrogen and oxygen atoms in total. The quantitative estimate of drug-likeness (QED) is 0.881. The topological polar surface area (TPSA) is 79.5 Å². The maximum atomic E-state index is 12.3. The monoisotopic (exact) mass is 301 g/mol. The third kappa shape index (κ3) is 3.55. The molecule has 0 bridgehead atoms. The molecule has 0 radical (unpaired) electrons. The van der Waals surface area contributed by atoms with Crippen LogP contribution in [0.25, 0.3) is 0 Å². The van der Waals surface area contributed by atoms with Crippen molar-refractivity contribution in [2.24, 2.45) is 5.92 Å².